The molecule has 4 atom stereocenters. The van der Waals surface area contributed by atoms with E-state index in [1.54, 1.807) is 10.8 Å². The van der Waals surface area contributed by atoms with Gasteiger partial charge in [-0.3, -0.25) is 4.57 Å². The fourth-order valence-corrected chi connectivity index (χ4v) is 3.60. The van der Waals surface area contributed by atoms with Crippen LogP contribution in [0.3, 0.4) is 0 Å². The third kappa shape index (κ3) is 3.53. The summed E-state index contributed by atoms with van der Waals surface area (Å²) in [6, 6.07) is 7.47. The van der Waals surface area contributed by atoms with Crippen LogP contribution in [-0.2, 0) is 16.1 Å². The van der Waals surface area contributed by atoms with Gasteiger partial charge in [0.25, 0.3) is 0 Å². The van der Waals surface area contributed by atoms with Gasteiger partial charge in [0.05, 0.1) is 25.7 Å². The molecule has 1 saturated heterocycles. The molecular weight excluding hydrogens is 406 g/mol. The largest absolute Gasteiger partial charge is 0.492 e. The van der Waals surface area contributed by atoms with Gasteiger partial charge in [-0.2, -0.15) is 4.98 Å². The number of imidazole rings is 1. The molecule has 3 aromatic heterocycles. The summed E-state index contributed by atoms with van der Waals surface area (Å²) >= 11 is 0. The van der Waals surface area contributed by atoms with E-state index in [-0.39, 0.29) is 24.6 Å². The van der Waals surface area contributed by atoms with Crippen molar-refractivity contribution in [3.8, 4) is 17.3 Å². The first-order valence-corrected chi connectivity index (χ1v) is 9.57. The van der Waals surface area contributed by atoms with Gasteiger partial charge in [-0.15, -0.1) is 0 Å². The summed E-state index contributed by atoms with van der Waals surface area (Å²) in [4.78, 5) is 16.1. The highest BCUT2D eigenvalue weighted by Gasteiger charge is 2.46. The van der Waals surface area contributed by atoms with Crippen molar-refractivity contribution < 1.29 is 29.2 Å². The lowest BCUT2D eigenvalue weighted by Gasteiger charge is -2.22. The molecule has 0 spiro atoms. The van der Waals surface area contributed by atoms with Crippen molar-refractivity contribution in [1.29, 1.82) is 0 Å². The molecule has 4 heterocycles. The van der Waals surface area contributed by atoms with E-state index in [1.165, 1.54) is 18.9 Å². The van der Waals surface area contributed by atoms with Crippen molar-refractivity contribution in [1.82, 2.24) is 24.5 Å². The summed E-state index contributed by atoms with van der Waals surface area (Å²) in [5.74, 6) is 0.264. The molecule has 0 aliphatic carbocycles. The van der Waals surface area contributed by atoms with Crippen LogP contribution >= 0.6 is 0 Å². The molecule has 3 N–H and O–H groups in total. The number of aromatic nitrogens is 5. The lowest BCUT2D eigenvalue weighted by atomic mass is 10.1. The van der Waals surface area contributed by atoms with Crippen LogP contribution < -0.4 is 0 Å². The molecule has 4 aromatic rings. The van der Waals surface area contributed by atoms with E-state index in [9.17, 15) is 15.3 Å². The van der Waals surface area contributed by atoms with Gasteiger partial charge in [0.2, 0.25) is 11.8 Å². The lowest BCUT2D eigenvalue weighted by Crippen LogP contribution is -2.35. The monoisotopic (exact) mass is 425 g/mol. The Kier molecular flexibility index (Phi) is 5.08. The van der Waals surface area contributed by atoms with Crippen LogP contribution in [0.1, 0.15) is 11.8 Å². The van der Waals surface area contributed by atoms with Crippen LogP contribution in [0.5, 0.6) is 5.88 Å². The molecule has 160 valence electrons. The van der Waals surface area contributed by atoms with E-state index in [0.717, 1.165) is 11.1 Å². The predicted octanol–water partition coefficient (Wildman–Crippen LogP) is 1.02. The van der Waals surface area contributed by atoms with Gasteiger partial charge in [0.15, 0.2) is 17.4 Å². The second-order valence-corrected chi connectivity index (χ2v) is 7.07. The summed E-state index contributed by atoms with van der Waals surface area (Å²) in [7, 11) is 0. The average molecular weight is 425 g/mol. The Morgan fingerprint density at radius 2 is 1.94 bits per heavy atom. The summed E-state index contributed by atoms with van der Waals surface area (Å²) in [6.45, 7) is -0.187. The number of aromatic hydroxyl groups is 1. The Hall–Kier alpha value is -3.38. The second kappa shape index (κ2) is 8.04. The van der Waals surface area contributed by atoms with E-state index in [1.807, 2.05) is 24.3 Å². The minimum Gasteiger partial charge on any atom is -0.492 e. The van der Waals surface area contributed by atoms with Crippen LogP contribution in [-0.4, -0.2) is 64.7 Å². The van der Waals surface area contributed by atoms with Crippen molar-refractivity contribution in [2.24, 2.45) is 0 Å². The maximum absolute atomic E-state index is 10.6. The maximum Gasteiger partial charge on any atom is 0.242 e. The van der Waals surface area contributed by atoms with E-state index in [2.05, 4.69) is 19.9 Å². The minimum atomic E-state index is -1.07. The standard InChI is InChI=1S/C20H19N5O6/c26-7-13-15(27)16(20(31-13)25-10-24-14-17(25)22-9-23-18(14)28)30-8-11-1-3-12(4-2-11)19-21-5-6-29-19/h1-6,9-10,13,15-16,20,26-27H,7-8H2,(H,22,23,28)/t13-,15-,16-,20-/m1/s1. The number of nitrogens with zero attached hydrogens (tertiary/aromatic N) is 5. The predicted molar refractivity (Wildman–Crippen MR) is 105 cm³/mol. The number of rotatable bonds is 6. The molecule has 1 aliphatic heterocycles. The van der Waals surface area contributed by atoms with E-state index in [0.29, 0.717) is 11.5 Å². The zero-order chi connectivity index (χ0) is 21.4. The number of hydrogen-bond donors (Lipinski definition) is 3. The molecular formula is C20H19N5O6. The normalized spacial score (nSPS) is 23.5. The van der Waals surface area contributed by atoms with Gasteiger partial charge >= 0.3 is 0 Å². The Morgan fingerprint density at radius 3 is 2.68 bits per heavy atom. The first-order valence-electron chi connectivity index (χ1n) is 9.57. The van der Waals surface area contributed by atoms with Crippen LogP contribution in [0.4, 0.5) is 0 Å². The van der Waals surface area contributed by atoms with Gasteiger partial charge in [-0.1, -0.05) is 12.1 Å². The summed E-state index contributed by atoms with van der Waals surface area (Å²) in [5.41, 5.74) is 2.23. The van der Waals surface area contributed by atoms with Crippen LogP contribution in [0.2, 0.25) is 0 Å². The van der Waals surface area contributed by atoms with Crippen LogP contribution in [0.25, 0.3) is 22.6 Å². The van der Waals surface area contributed by atoms with Gasteiger partial charge in [0, 0.05) is 5.56 Å². The lowest BCUT2D eigenvalue weighted by molar-refractivity contribution is -0.0761. The van der Waals surface area contributed by atoms with Crippen molar-refractivity contribution >= 4 is 11.2 Å². The maximum atomic E-state index is 10.6. The van der Waals surface area contributed by atoms with Crippen molar-refractivity contribution in [3.63, 3.8) is 0 Å². The second-order valence-electron chi connectivity index (χ2n) is 7.07. The van der Waals surface area contributed by atoms with E-state index in [4.69, 9.17) is 13.9 Å². The molecule has 1 fully saturated rings. The van der Waals surface area contributed by atoms with Gasteiger partial charge in [0.1, 0.15) is 30.9 Å². The first-order chi connectivity index (χ1) is 15.2. The highest BCUT2D eigenvalue weighted by atomic mass is 16.6. The molecule has 5 rings (SSSR count). The molecule has 0 radical (unpaired) electrons. The number of oxazole rings is 1. The van der Waals surface area contributed by atoms with Gasteiger partial charge < -0.3 is 29.2 Å². The quantitative estimate of drug-likeness (QED) is 0.409. The fraction of sp³-hybridized carbons (Fsp3) is 0.300. The average Bonchev–Trinajstić information content (AvgIpc) is 3.52. The molecule has 11 heteroatoms. The van der Waals surface area contributed by atoms with Crippen molar-refractivity contribution in [2.75, 3.05) is 6.61 Å². The zero-order valence-corrected chi connectivity index (χ0v) is 16.1. The zero-order valence-electron chi connectivity index (χ0n) is 16.1. The van der Waals surface area contributed by atoms with Gasteiger partial charge in [-0.05, 0) is 17.7 Å². The summed E-state index contributed by atoms with van der Waals surface area (Å²) in [6.07, 6.45) is 2.20. The van der Waals surface area contributed by atoms with Crippen LogP contribution in [0.15, 0.2) is 53.8 Å². The SMILES string of the molecule is OC[C@H]1O[C@@H](n2cnc3c(O)ncnc32)[C@H](OCc2ccc(-c3ncco3)cc2)[C@@H]1O. The summed E-state index contributed by atoms with van der Waals surface area (Å²) in [5, 5.41) is 30.1. The molecule has 31 heavy (non-hydrogen) atoms. The van der Waals surface area contributed by atoms with Gasteiger partial charge in [-0.25, -0.2) is 15.0 Å². The molecule has 0 bridgehead atoms. The Labute approximate surface area is 175 Å². The molecule has 1 aromatic carbocycles. The topological polar surface area (TPSA) is 149 Å². The van der Waals surface area contributed by atoms with Crippen molar-refractivity contribution in [3.05, 3.63) is 54.9 Å². The molecule has 1 aliphatic rings. The first kappa shape index (κ1) is 19.6. The van der Waals surface area contributed by atoms with Crippen LogP contribution in [0, 0.1) is 0 Å². The minimum absolute atomic E-state index is 0.193. The third-order valence-corrected chi connectivity index (χ3v) is 5.18. The number of hydrogen-bond acceptors (Lipinski definition) is 10. The third-order valence-electron chi connectivity index (χ3n) is 5.18. The molecule has 0 saturated carbocycles. The number of benzene rings is 1. The number of aliphatic hydroxyl groups is 2. The molecule has 0 amide bonds. The Morgan fingerprint density at radius 1 is 1.10 bits per heavy atom. The highest BCUT2D eigenvalue weighted by Crippen LogP contribution is 2.34. The Balaban J connectivity index is 1.37. The van der Waals surface area contributed by atoms with E-state index < -0.39 is 24.5 Å². The fourth-order valence-electron chi connectivity index (χ4n) is 3.60. The number of ether oxygens (including phenoxy) is 2. The van der Waals surface area contributed by atoms with Crippen molar-refractivity contribution in [2.45, 2.75) is 31.1 Å². The Bertz CT molecular complexity index is 1160. The van der Waals surface area contributed by atoms with E-state index >= 15 is 0 Å². The smallest absolute Gasteiger partial charge is 0.242 e. The number of fused-ring (bicyclic) bond motifs is 1. The molecule has 11 nitrogen and oxygen atoms in total. The summed E-state index contributed by atoms with van der Waals surface area (Å²) < 4.78 is 18.7. The molecule has 0 unspecified atom stereocenters. The number of aliphatic hydroxyl groups excluding tert-OH is 2. The highest BCUT2D eigenvalue weighted by molar-refractivity contribution is 5.75.